The second-order valence-electron chi connectivity index (χ2n) is 7.11. The van der Waals surface area contributed by atoms with E-state index in [0.717, 1.165) is 0 Å². The summed E-state index contributed by atoms with van der Waals surface area (Å²) in [6, 6.07) is -6.08. The van der Waals surface area contributed by atoms with Gasteiger partial charge >= 0.3 is 17.9 Å². The molecule has 15 nitrogen and oxygen atoms in total. The summed E-state index contributed by atoms with van der Waals surface area (Å²) in [4.78, 5) is 81.8. The Labute approximate surface area is 198 Å². The first-order valence-electron chi connectivity index (χ1n) is 9.88. The molecule has 4 amide bonds. The zero-order valence-electron chi connectivity index (χ0n) is 18.3. The van der Waals surface area contributed by atoms with Gasteiger partial charge in [-0.25, -0.2) is 4.79 Å². The molecule has 0 aromatic rings. The average molecular weight is 508 g/mol. The predicted octanol–water partition coefficient (Wildman–Crippen LogP) is -3.18. The molecule has 0 heterocycles. The summed E-state index contributed by atoms with van der Waals surface area (Å²) < 4.78 is 0. The summed E-state index contributed by atoms with van der Waals surface area (Å²) in [5.74, 6) is -8.02. The lowest BCUT2D eigenvalue weighted by Gasteiger charge is -2.24. The van der Waals surface area contributed by atoms with Gasteiger partial charge in [0, 0.05) is 6.42 Å². The van der Waals surface area contributed by atoms with E-state index in [1.807, 2.05) is 5.32 Å². The van der Waals surface area contributed by atoms with Crippen LogP contribution < -0.4 is 27.4 Å². The Hall–Kier alpha value is -3.40. The molecule has 0 aliphatic carbocycles. The minimum atomic E-state index is -1.75. The molecule has 0 bridgehead atoms. The summed E-state index contributed by atoms with van der Waals surface area (Å²) in [6.45, 7) is 0. The smallest absolute Gasteiger partial charge is 0.326 e. The van der Waals surface area contributed by atoms with Gasteiger partial charge < -0.3 is 42.7 Å². The number of nitrogens with one attached hydrogen (secondary N) is 3. The fourth-order valence-corrected chi connectivity index (χ4v) is 3.01. The summed E-state index contributed by atoms with van der Waals surface area (Å²) in [6.07, 6.45) is -0.746. The zero-order valence-corrected chi connectivity index (χ0v) is 19.1. The van der Waals surface area contributed by atoms with Crippen molar-refractivity contribution in [3.8, 4) is 0 Å². The van der Waals surface area contributed by atoms with Crippen LogP contribution in [0.2, 0.25) is 0 Å². The standard InChI is InChI=1S/C18H29N5O10S/c1-34-5-4-8(19)15(29)22-10(7-14(27)28)17(31)21-9(2-3-13(25)26)16(30)23-11(18(32)33)6-12(20)24/h8-11H,2-7,19H2,1H3,(H2,20,24)(H,21,31)(H,22,29)(H,23,30)(H,25,26)(H,27,28)(H,32,33). The molecule has 4 atom stereocenters. The maximum absolute atomic E-state index is 12.7. The Bertz CT molecular complexity index is 793. The fourth-order valence-electron chi connectivity index (χ4n) is 2.52. The molecule has 0 saturated heterocycles. The number of carboxylic acid groups (broad SMARTS) is 3. The van der Waals surface area contributed by atoms with Crippen molar-refractivity contribution in [2.75, 3.05) is 12.0 Å². The highest BCUT2D eigenvalue weighted by Gasteiger charge is 2.32. The summed E-state index contributed by atoms with van der Waals surface area (Å²) in [7, 11) is 0. The number of carboxylic acids is 3. The summed E-state index contributed by atoms with van der Waals surface area (Å²) >= 11 is 1.42. The number of aliphatic carboxylic acids is 3. The topological polar surface area (TPSA) is 268 Å². The predicted molar refractivity (Wildman–Crippen MR) is 117 cm³/mol. The SMILES string of the molecule is CSCCC(N)C(=O)NC(CC(=O)O)C(=O)NC(CCC(=O)O)C(=O)NC(CC(N)=O)C(=O)O. The monoisotopic (exact) mass is 507 g/mol. The average Bonchev–Trinajstić information content (AvgIpc) is 2.72. The second kappa shape index (κ2) is 15.4. The summed E-state index contributed by atoms with van der Waals surface area (Å²) in [5, 5.41) is 33.4. The van der Waals surface area contributed by atoms with Crippen molar-refractivity contribution in [1.82, 2.24) is 16.0 Å². The molecule has 0 aromatic carbocycles. The lowest BCUT2D eigenvalue weighted by Crippen LogP contribution is -2.57. The van der Waals surface area contributed by atoms with Gasteiger partial charge in [0.25, 0.3) is 0 Å². The molecule has 0 aliphatic rings. The van der Waals surface area contributed by atoms with E-state index in [1.54, 1.807) is 6.26 Å². The maximum Gasteiger partial charge on any atom is 0.326 e. The fraction of sp³-hybridized carbons (Fsp3) is 0.611. The molecular formula is C18H29N5O10S. The van der Waals surface area contributed by atoms with Crippen molar-refractivity contribution in [2.45, 2.75) is 56.3 Å². The zero-order chi connectivity index (χ0) is 26.4. The van der Waals surface area contributed by atoms with Gasteiger partial charge in [-0.05, 0) is 24.9 Å². The molecule has 0 rings (SSSR count). The van der Waals surface area contributed by atoms with Crippen LogP contribution in [-0.2, 0) is 33.6 Å². The van der Waals surface area contributed by atoms with Gasteiger partial charge in [0.2, 0.25) is 23.6 Å². The number of hydrogen-bond acceptors (Lipinski definition) is 9. The third-order valence-electron chi connectivity index (χ3n) is 4.28. The maximum atomic E-state index is 12.7. The van der Waals surface area contributed by atoms with Gasteiger partial charge in [-0.15, -0.1) is 0 Å². The molecule has 16 heteroatoms. The minimum Gasteiger partial charge on any atom is -0.481 e. The van der Waals surface area contributed by atoms with E-state index in [1.165, 1.54) is 11.8 Å². The molecule has 34 heavy (non-hydrogen) atoms. The van der Waals surface area contributed by atoms with Crippen molar-refractivity contribution < 1.29 is 48.9 Å². The van der Waals surface area contributed by atoms with Crippen molar-refractivity contribution in [3.63, 3.8) is 0 Å². The third-order valence-corrected chi connectivity index (χ3v) is 4.93. The van der Waals surface area contributed by atoms with Crippen LogP contribution >= 0.6 is 11.8 Å². The Kier molecular flexibility index (Phi) is 13.9. The number of carbonyl (C=O) groups is 7. The Balaban J connectivity index is 5.57. The van der Waals surface area contributed by atoms with Crippen molar-refractivity contribution >= 4 is 53.3 Å². The molecule has 0 saturated carbocycles. The molecule has 4 unspecified atom stereocenters. The number of amides is 4. The lowest BCUT2D eigenvalue weighted by molar-refractivity contribution is -0.144. The number of hydrogen-bond donors (Lipinski definition) is 8. The van der Waals surface area contributed by atoms with Gasteiger partial charge in [-0.2, -0.15) is 11.8 Å². The largest absolute Gasteiger partial charge is 0.481 e. The van der Waals surface area contributed by atoms with Gasteiger partial charge in [0.05, 0.1) is 18.9 Å². The summed E-state index contributed by atoms with van der Waals surface area (Å²) in [5.41, 5.74) is 10.6. The number of nitrogens with two attached hydrogens (primary N) is 2. The lowest BCUT2D eigenvalue weighted by atomic mass is 10.1. The van der Waals surface area contributed by atoms with E-state index in [9.17, 15) is 33.6 Å². The van der Waals surface area contributed by atoms with E-state index in [0.29, 0.717) is 5.75 Å². The van der Waals surface area contributed by atoms with Gasteiger partial charge in [-0.1, -0.05) is 0 Å². The number of carbonyl (C=O) groups excluding carboxylic acids is 4. The van der Waals surface area contributed by atoms with Crippen LogP contribution in [0.5, 0.6) is 0 Å². The van der Waals surface area contributed by atoms with Crippen LogP contribution in [0, 0.1) is 0 Å². The Morgan fingerprint density at radius 2 is 1.29 bits per heavy atom. The number of thioether (sulfide) groups is 1. The molecule has 0 radical (unpaired) electrons. The second-order valence-corrected chi connectivity index (χ2v) is 8.10. The van der Waals surface area contributed by atoms with Crippen molar-refractivity contribution in [2.24, 2.45) is 11.5 Å². The molecule has 0 spiro atoms. The first kappa shape index (κ1) is 30.6. The number of rotatable bonds is 17. The molecular weight excluding hydrogens is 478 g/mol. The highest BCUT2D eigenvalue weighted by molar-refractivity contribution is 7.98. The van der Waals surface area contributed by atoms with Crippen molar-refractivity contribution in [3.05, 3.63) is 0 Å². The van der Waals surface area contributed by atoms with Crippen LogP contribution in [0.1, 0.15) is 32.1 Å². The molecule has 0 aromatic heterocycles. The van der Waals surface area contributed by atoms with Crippen LogP contribution in [0.25, 0.3) is 0 Å². The van der Waals surface area contributed by atoms with Crippen molar-refractivity contribution in [1.29, 1.82) is 0 Å². The molecule has 0 aliphatic heterocycles. The van der Waals surface area contributed by atoms with E-state index in [2.05, 4.69) is 10.6 Å². The molecule has 10 N–H and O–H groups in total. The van der Waals surface area contributed by atoms with E-state index >= 15 is 0 Å². The van der Waals surface area contributed by atoms with Gasteiger partial charge in [0.1, 0.15) is 18.1 Å². The van der Waals surface area contributed by atoms with Crippen LogP contribution in [0.3, 0.4) is 0 Å². The van der Waals surface area contributed by atoms with Crippen LogP contribution in [0.4, 0.5) is 0 Å². The highest BCUT2D eigenvalue weighted by Crippen LogP contribution is 2.05. The van der Waals surface area contributed by atoms with Crippen LogP contribution in [-0.4, -0.2) is 93.0 Å². The van der Waals surface area contributed by atoms with Gasteiger partial charge in [-0.3, -0.25) is 28.8 Å². The number of primary amides is 1. The normalized spacial score (nSPS) is 14.1. The van der Waals surface area contributed by atoms with E-state index in [4.69, 9.17) is 26.8 Å². The third kappa shape index (κ3) is 12.6. The van der Waals surface area contributed by atoms with Gasteiger partial charge in [0.15, 0.2) is 0 Å². The first-order chi connectivity index (χ1) is 15.8. The quantitative estimate of drug-likeness (QED) is 0.0968. The Morgan fingerprint density at radius 1 is 0.765 bits per heavy atom. The van der Waals surface area contributed by atoms with Crippen LogP contribution in [0.15, 0.2) is 0 Å². The Morgan fingerprint density at radius 3 is 1.76 bits per heavy atom. The van der Waals surface area contributed by atoms with E-state index in [-0.39, 0.29) is 6.42 Å². The molecule has 192 valence electrons. The minimum absolute atomic E-state index is 0.245. The molecule has 0 fully saturated rings. The first-order valence-corrected chi connectivity index (χ1v) is 11.3. The van der Waals surface area contributed by atoms with E-state index < -0.39 is 91.4 Å². The highest BCUT2D eigenvalue weighted by atomic mass is 32.2.